The Morgan fingerprint density at radius 2 is 1.85 bits per heavy atom. The normalized spacial score (nSPS) is 15.5. The SMILES string of the molecule is CCCc1ccc(C(=O)N2CCC(c3nc4ccccc4o3)CC2)cc1. The fraction of sp³-hybridized carbons (Fsp3) is 0.364. The molecule has 0 radical (unpaired) electrons. The number of rotatable bonds is 4. The number of carbonyl (C=O) groups excluding carboxylic acids is 1. The first-order valence-corrected chi connectivity index (χ1v) is 9.48. The van der Waals surface area contributed by atoms with E-state index in [0.717, 1.165) is 61.3 Å². The van der Waals surface area contributed by atoms with Gasteiger partial charge in [-0.25, -0.2) is 4.98 Å². The molecule has 0 bridgehead atoms. The molecule has 1 aliphatic rings. The molecule has 0 saturated carbocycles. The van der Waals surface area contributed by atoms with E-state index in [1.54, 1.807) is 0 Å². The molecule has 4 nitrogen and oxygen atoms in total. The number of piperidine rings is 1. The zero-order valence-electron chi connectivity index (χ0n) is 15.1. The summed E-state index contributed by atoms with van der Waals surface area (Å²) in [6.45, 7) is 3.66. The Labute approximate surface area is 153 Å². The smallest absolute Gasteiger partial charge is 0.253 e. The fourth-order valence-electron chi connectivity index (χ4n) is 3.68. The molecule has 0 atom stereocenters. The van der Waals surface area contributed by atoms with Crippen molar-refractivity contribution >= 4 is 17.0 Å². The number of fused-ring (bicyclic) bond motifs is 1. The molecular formula is C22H24N2O2. The minimum absolute atomic E-state index is 0.129. The van der Waals surface area contributed by atoms with E-state index < -0.39 is 0 Å². The Morgan fingerprint density at radius 3 is 2.54 bits per heavy atom. The van der Waals surface area contributed by atoms with Gasteiger partial charge in [-0.05, 0) is 49.1 Å². The number of nitrogens with zero attached hydrogens (tertiary/aromatic N) is 2. The summed E-state index contributed by atoms with van der Waals surface area (Å²) in [5.74, 6) is 1.23. The van der Waals surface area contributed by atoms with Gasteiger partial charge in [-0.1, -0.05) is 37.6 Å². The number of hydrogen-bond donors (Lipinski definition) is 0. The van der Waals surface area contributed by atoms with Gasteiger partial charge in [0.2, 0.25) is 0 Å². The second kappa shape index (κ2) is 7.32. The van der Waals surface area contributed by atoms with Crippen molar-refractivity contribution in [3.05, 3.63) is 65.5 Å². The van der Waals surface area contributed by atoms with Gasteiger partial charge in [-0.2, -0.15) is 0 Å². The Balaban J connectivity index is 1.40. The van der Waals surface area contributed by atoms with Crippen molar-refractivity contribution in [1.29, 1.82) is 0 Å². The highest BCUT2D eigenvalue weighted by atomic mass is 16.3. The van der Waals surface area contributed by atoms with Crippen LogP contribution in [-0.2, 0) is 6.42 Å². The molecule has 0 N–H and O–H groups in total. The van der Waals surface area contributed by atoms with Crippen molar-refractivity contribution < 1.29 is 9.21 Å². The molecule has 1 aliphatic heterocycles. The molecule has 4 heteroatoms. The number of oxazole rings is 1. The van der Waals surface area contributed by atoms with E-state index in [0.29, 0.717) is 5.92 Å². The molecule has 2 heterocycles. The summed E-state index contributed by atoms with van der Waals surface area (Å²) in [4.78, 5) is 19.3. The van der Waals surface area contributed by atoms with Gasteiger partial charge in [0.1, 0.15) is 5.52 Å². The summed E-state index contributed by atoms with van der Waals surface area (Å²) < 4.78 is 5.91. The van der Waals surface area contributed by atoms with Crippen molar-refractivity contribution in [3.63, 3.8) is 0 Å². The van der Waals surface area contributed by atoms with Crippen LogP contribution in [0.3, 0.4) is 0 Å². The van der Waals surface area contributed by atoms with E-state index in [2.05, 4.69) is 24.0 Å². The maximum Gasteiger partial charge on any atom is 0.253 e. The van der Waals surface area contributed by atoms with Crippen LogP contribution in [0.15, 0.2) is 52.9 Å². The number of carbonyl (C=O) groups is 1. The lowest BCUT2D eigenvalue weighted by atomic mass is 9.96. The van der Waals surface area contributed by atoms with Crippen LogP contribution in [0.1, 0.15) is 53.9 Å². The molecule has 26 heavy (non-hydrogen) atoms. The summed E-state index contributed by atoms with van der Waals surface area (Å²) in [6, 6.07) is 15.9. The van der Waals surface area contributed by atoms with E-state index in [-0.39, 0.29) is 5.91 Å². The van der Waals surface area contributed by atoms with E-state index in [9.17, 15) is 4.79 Å². The van der Waals surface area contributed by atoms with Gasteiger partial charge < -0.3 is 9.32 Å². The number of para-hydroxylation sites is 2. The number of amides is 1. The van der Waals surface area contributed by atoms with E-state index >= 15 is 0 Å². The van der Waals surface area contributed by atoms with Crippen molar-refractivity contribution in [3.8, 4) is 0 Å². The third-order valence-electron chi connectivity index (χ3n) is 5.18. The molecule has 1 amide bonds. The van der Waals surface area contributed by atoms with Crippen LogP contribution in [0.25, 0.3) is 11.1 Å². The fourth-order valence-corrected chi connectivity index (χ4v) is 3.68. The third kappa shape index (κ3) is 3.36. The lowest BCUT2D eigenvalue weighted by molar-refractivity contribution is 0.0706. The zero-order valence-corrected chi connectivity index (χ0v) is 15.1. The van der Waals surface area contributed by atoms with Gasteiger partial charge in [0.05, 0.1) is 0 Å². The molecule has 0 aliphatic carbocycles. The van der Waals surface area contributed by atoms with E-state index in [1.807, 2.05) is 41.3 Å². The highest BCUT2D eigenvalue weighted by Gasteiger charge is 2.27. The molecule has 0 spiro atoms. The topological polar surface area (TPSA) is 46.3 Å². The molecular weight excluding hydrogens is 324 g/mol. The number of aromatic nitrogens is 1. The Morgan fingerprint density at radius 1 is 1.12 bits per heavy atom. The first-order chi connectivity index (χ1) is 12.7. The van der Waals surface area contributed by atoms with Crippen LogP contribution in [-0.4, -0.2) is 28.9 Å². The molecule has 4 rings (SSSR count). The summed E-state index contributed by atoms with van der Waals surface area (Å²) in [6.07, 6.45) is 3.97. The van der Waals surface area contributed by atoms with Crippen molar-refractivity contribution in [2.45, 2.75) is 38.5 Å². The van der Waals surface area contributed by atoms with Gasteiger partial charge in [0.15, 0.2) is 11.5 Å². The first kappa shape index (κ1) is 16.8. The van der Waals surface area contributed by atoms with Crippen molar-refractivity contribution in [1.82, 2.24) is 9.88 Å². The number of likely N-dealkylation sites (tertiary alicyclic amines) is 1. The van der Waals surface area contributed by atoms with Crippen molar-refractivity contribution in [2.75, 3.05) is 13.1 Å². The molecule has 0 unspecified atom stereocenters. The van der Waals surface area contributed by atoms with Gasteiger partial charge in [0.25, 0.3) is 5.91 Å². The second-order valence-corrected chi connectivity index (χ2v) is 7.03. The van der Waals surface area contributed by atoms with Crippen LogP contribution in [0, 0.1) is 0 Å². The summed E-state index contributed by atoms with van der Waals surface area (Å²) >= 11 is 0. The largest absolute Gasteiger partial charge is 0.440 e. The van der Waals surface area contributed by atoms with Crippen LogP contribution >= 0.6 is 0 Å². The molecule has 1 saturated heterocycles. The quantitative estimate of drug-likeness (QED) is 0.680. The maximum atomic E-state index is 12.7. The van der Waals surface area contributed by atoms with Crippen molar-refractivity contribution in [2.24, 2.45) is 0 Å². The number of benzene rings is 2. The lowest BCUT2D eigenvalue weighted by Crippen LogP contribution is -2.38. The lowest BCUT2D eigenvalue weighted by Gasteiger charge is -2.30. The molecule has 1 aromatic heterocycles. The number of hydrogen-bond acceptors (Lipinski definition) is 3. The van der Waals surface area contributed by atoms with Gasteiger partial charge in [0, 0.05) is 24.6 Å². The predicted octanol–water partition coefficient (Wildman–Crippen LogP) is 4.80. The number of aryl methyl sites for hydroxylation is 1. The standard InChI is InChI=1S/C22H24N2O2/c1-2-5-16-8-10-18(11-9-16)22(25)24-14-12-17(13-15-24)21-23-19-6-3-4-7-20(19)26-21/h3-4,6-11,17H,2,5,12-15H2,1H3. The van der Waals surface area contributed by atoms with Gasteiger partial charge >= 0.3 is 0 Å². The Bertz CT molecular complexity index is 857. The summed E-state index contributed by atoms with van der Waals surface area (Å²) in [5.41, 5.74) is 3.82. The summed E-state index contributed by atoms with van der Waals surface area (Å²) in [5, 5.41) is 0. The van der Waals surface area contributed by atoms with Gasteiger partial charge in [-0.15, -0.1) is 0 Å². The average Bonchev–Trinajstić information content (AvgIpc) is 3.13. The van der Waals surface area contributed by atoms with Crippen LogP contribution < -0.4 is 0 Å². The maximum absolute atomic E-state index is 12.7. The Hall–Kier alpha value is -2.62. The zero-order chi connectivity index (χ0) is 17.9. The summed E-state index contributed by atoms with van der Waals surface area (Å²) in [7, 11) is 0. The minimum atomic E-state index is 0.129. The highest BCUT2D eigenvalue weighted by molar-refractivity contribution is 5.94. The van der Waals surface area contributed by atoms with Crippen LogP contribution in [0.5, 0.6) is 0 Å². The van der Waals surface area contributed by atoms with Gasteiger partial charge in [-0.3, -0.25) is 4.79 Å². The average molecular weight is 348 g/mol. The molecule has 3 aromatic rings. The molecule has 1 fully saturated rings. The first-order valence-electron chi connectivity index (χ1n) is 9.48. The monoisotopic (exact) mass is 348 g/mol. The van der Waals surface area contributed by atoms with Crippen LogP contribution in [0.2, 0.25) is 0 Å². The Kier molecular flexibility index (Phi) is 4.74. The minimum Gasteiger partial charge on any atom is -0.440 e. The van der Waals surface area contributed by atoms with E-state index in [1.165, 1.54) is 5.56 Å². The predicted molar refractivity (Wildman–Crippen MR) is 102 cm³/mol. The molecule has 2 aromatic carbocycles. The second-order valence-electron chi connectivity index (χ2n) is 7.03. The molecule has 134 valence electrons. The van der Waals surface area contributed by atoms with Crippen LogP contribution in [0.4, 0.5) is 0 Å². The van der Waals surface area contributed by atoms with E-state index in [4.69, 9.17) is 4.42 Å². The highest BCUT2D eigenvalue weighted by Crippen LogP contribution is 2.30. The third-order valence-corrected chi connectivity index (χ3v) is 5.18.